The number of benzene rings is 2. The largest absolute Gasteiger partial charge is 0.496 e. The van der Waals surface area contributed by atoms with Crippen LogP contribution in [0, 0.1) is 0 Å². The monoisotopic (exact) mass is 496 g/mol. The zero-order chi connectivity index (χ0) is 23.9. The SMILES string of the molecule is COc1ccccc1CN(C(=O)Cc1cccs1)C(C(=O)NC1CCCC1)c1ccc(Cl)cc1. The number of hydrogen-bond acceptors (Lipinski definition) is 4. The second-order valence-corrected chi connectivity index (χ2v) is 10.0. The smallest absolute Gasteiger partial charge is 0.247 e. The summed E-state index contributed by atoms with van der Waals surface area (Å²) < 4.78 is 5.55. The van der Waals surface area contributed by atoms with E-state index in [4.69, 9.17) is 16.3 Å². The molecule has 0 saturated heterocycles. The first-order chi connectivity index (χ1) is 16.5. The quantitative estimate of drug-likeness (QED) is 0.408. The van der Waals surface area contributed by atoms with Crippen LogP contribution in [0.15, 0.2) is 66.0 Å². The van der Waals surface area contributed by atoms with E-state index in [-0.39, 0.29) is 30.8 Å². The van der Waals surface area contributed by atoms with Crippen LogP contribution in [0.4, 0.5) is 0 Å². The van der Waals surface area contributed by atoms with Crippen LogP contribution in [0.25, 0.3) is 0 Å². The molecule has 2 aromatic carbocycles. The lowest BCUT2D eigenvalue weighted by molar-refractivity contribution is -0.141. The van der Waals surface area contributed by atoms with Crippen molar-refractivity contribution in [1.29, 1.82) is 0 Å². The number of carbonyl (C=O) groups excluding carboxylic acids is 2. The fourth-order valence-corrected chi connectivity index (χ4v) is 5.29. The Balaban J connectivity index is 1.72. The van der Waals surface area contributed by atoms with Gasteiger partial charge in [-0.25, -0.2) is 0 Å². The highest BCUT2D eigenvalue weighted by Gasteiger charge is 2.33. The van der Waals surface area contributed by atoms with Gasteiger partial charge in [0.2, 0.25) is 11.8 Å². The van der Waals surface area contributed by atoms with Gasteiger partial charge in [-0.1, -0.05) is 60.8 Å². The number of carbonyl (C=O) groups is 2. The van der Waals surface area contributed by atoms with Crippen LogP contribution in [0.2, 0.25) is 5.02 Å². The molecule has 0 aliphatic heterocycles. The standard InChI is InChI=1S/C27H29ClN2O3S/c1-33-24-11-5-2-7-20(24)18-30(25(31)17-23-10-6-16-34-23)26(19-12-14-21(28)15-13-19)27(32)29-22-8-3-4-9-22/h2,5-7,10-16,22,26H,3-4,8-9,17-18H2,1H3,(H,29,32). The number of ether oxygens (including phenoxy) is 1. The minimum Gasteiger partial charge on any atom is -0.496 e. The average molecular weight is 497 g/mol. The van der Waals surface area contributed by atoms with Gasteiger partial charge in [0.15, 0.2) is 0 Å². The Morgan fingerprint density at radius 2 is 1.82 bits per heavy atom. The molecule has 2 amide bonds. The Hall–Kier alpha value is -2.83. The lowest BCUT2D eigenvalue weighted by atomic mass is 10.0. The topological polar surface area (TPSA) is 58.6 Å². The highest BCUT2D eigenvalue weighted by Crippen LogP contribution is 2.30. The van der Waals surface area contributed by atoms with Crippen LogP contribution in [0.1, 0.15) is 47.7 Å². The number of nitrogens with zero attached hydrogens (tertiary/aromatic N) is 1. The predicted octanol–water partition coefficient (Wildman–Crippen LogP) is 5.78. The Kier molecular flexibility index (Phi) is 8.25. The van der Waals surface area contributed by atoms with Crippen LogP contribution in [-0.2, 0) is 22.6 Å². The molecule has 1 aromatic heterocycles. The molecule has 1 N–H and O–H groups in total. The van der Waals surface area contributed by atoms with Crippen molar-refractivity contribution in [3.63, 3.8) is 0 Å². The average Bonchev–Trinajstić information content (AvgIpc) is 3.54. The summed E-state index contributed by atoms with van der Waals surface area (Å²) in [5.41, 5.74) is 1.58. The second kappa shape index (κ2) is 11.5. The molecule has 1 fully saturated rings. The normalized spacial score (nSPS) is 14.5. The van der Waals surface area contributed by atoms with Crippen LogP contribution < -0.4 is 10.1 Å². The molecule has 5 nitrogen and oxygen atoms in total. The van der Waals surface area contributed by atoms with E-state index in [0.29, 0.717) is 10.8 Å². The molecular formula is C27H29ClN2O3S. The highest BCUT2D eigenvalue weighted by atomic mass is 35.5. The van der Waals surface area contributed by atoms with E-state index >= 15 is 0 Å². The van der Waals surface area contributed by atoms with E-state index in [1.165, 1.54) is 11.3 Å². The molecular weight excluding hydrogens is 468 g/mol. The minimum atomic E-state index is -0.782. The van der Waals surface area contributed by atoms with Crippen molar-refractivity contribution in [3.8, 4) is 5.75 Å². The van der Waals surface area contributed by atoms with Crippen molar-refractivity contribution in [2.75, 3.05) is 7.11 Å². The van der Waals surface area contributed by atoms with Gasteiger partial charge in [-0.3, -0.25) is 9.59 Å². The number of methoxy groups -OCH3 is 1. The molecule has 1 unspecified atom stereocenters. The summed E-state index contributed by atoms with van der Waals surface area (Å²) in [7, 11) is 1.61. The zero-order valence-corrected chi connectivity index (χ0v) is 20.8. The first-order valence-corrected chi connectivity index (χ1v) is 12.8. The molecule has 1 aliphatic carbocycles. The summed E-state index contributed by atoms with van der Waals surface area (Å²) in [5, 5.41) is 5.74. The molecule has 1 saturated carbocycles. The maximum atomic E-state index is 13.7. The van der Waals surface area contributed by atoms with Crippen molar-refractivity contribution in [2.45, 2.75) is 50.7 Å². The van der Waals surface area contributed by atoms with Gasteiger partial charge in [0.25, 0.3) is 0 Å². The van der Waals surface area contributed by atoms with E-state index in [1.807, 2.05) is 53.9 Å². The fraction of sp³-hybridized carbons (Fsp3) is 0.333. The first-order valence-electron chi connectivity index (χ1n) is 11.5. The van der Waals surface area contributed by atoms with Gasteiger partial charge < -0.3 is 15.0 Å². The molecule has 0 spiro atoms. The fourth-order valence-electron chi connectivity index (χ4n) is 4.47. The molecule has 1 heterocycles. The maximum absolute atomic E-state index is 13.7. The lowest BCUT2D eigenvalue weighted by Crippen LogP contribution is -2.46. The molecule has 7 heteroatoms. The highest BCUT2D eigenvalue weighted by molar-refractivity contribution is 7.10. The lowest BCUT2D eigenvalue weighted by Gasteiger charge is -2.33. The number of para-hydroxylation sites is 1. The molecule has 34 heavy (non-hydrogen) atoms. The first kappa shape index (κ1) is 24.3. The summed E-state index contributed by atoms with van der Waals surface area (Å²) in [4.78, 5) is 30.1. The van der Waals surface area contributed by atoms with Gasteiger partial charge in [-0.05, 0) is 48.1 Å². The zero-order valence-electron chi connectivity index (χ0n) is 19.2. The molecule has 1 atom stereocenters. The van der Waals surface area contributed by atoms with Crippen molar-refractivity contribution in [3.05, 3.63) is 87.1 Å². The van der Waals surface area contributed by atoms with Gasteiger partial charge in [-0.15, -0.1) is 11.3 Å². The van der Waals surface area contributed by atoms with Crippen molar-refractivity contribution in [1.82, 2.24) is 10.2 Å². The summed E-state index contributed by atoms with van der Waals surface area (Å²) in [6.07, 6.45) is 4.38. The third-order valence-electron chi connectivity index (χ3n) is 6.21. The van der Waals surface area contributed by atoms with E-state index in [9.17, 15) is 9.59 Å². The third-order valence-corrected chi connectivity index (χ3v) is 7.33. The number of amides is 2. The predicted molar refractivity (Wildman–Crippen MR) is 136 cm³/mol. The van der Waals surface area contributed by atoms with Gasteiger partial charge in [0, 0.05) is 21.5 Å². The summed E-state index contributed by atoms with van der Waals surface area (Å²) in [6, 6.07) is 18.0. The maximum Gasteiger partial charge on any atom is 0.247 e. The number of rotatable bonds is 9. The Morgan fingerprint density at radius 1 is 1.09 bits per heavy atom. The number of halogens is 1. The number of nitrogens with one attached hydrogen (secondary N) is 1. The van der Waals surface area contributed by atoms with E-state index < -0.39 is 6.04 Å². The van der Waals surface area contributed by atoms with Crippen molar-refractivity contribution < 1.29 is 14.3 Å². The number of thiophene rings is 1. The van der Waals surface area contributed by atoms with Gasteiger partial charge in [0.05, 0.1) is 20.1 Å². The minimum absolute atomic E-state index is 0.116. The van der Waals surface area contributed by atoms with E-state index in [2.05, 4.69) is 5.32 Å². The van der Waals surface area contributed by atoms with Crippen LogP contribution in [-0.4, -0.2) is 29.9 Å². The molecule has 3 aromatic rings. The van der Waals surface area contributed by atoms with Crippen molar-refractivity contribution in [2.24, 2.45) is 0 Å². The van der Waals surface area contributed by atoms with Gasteiger partial charge >= 0.3 is 0 Å². The van der Waals surface area contributed by atoms with E-state index in [0.717, 1.165) is 41.7 Å². The Labute approximate surface area is 209 Å². The molecule has 0 radical (unpaired) electrons. The Morgan fingerprint density at radius 3 is 2.50 bits per heavy atom. The van der Waals surface area contributed by atoms with Gasteiger partial charge in [0.1, 0.15) is 11.8 Å². The van der Waals surface area contributed by atoms with Crippen LogP contribution >= 0.6 is 22.9 Å². The second-order valence-electron chi connectivity index (χ2n) is 8.53. The van der Waals surface area contributed by atoms with E-state index in [1.54, 1.807) is 24.1 Å². The van der Waals surface area contributed by atoms with Crippen molar-refractivity contribution >= 4 is 34.8 Å². The third kappa shape index (κ3) is 5.99. The summed E-state index contributed by atoms with van der Waals surface area (Å²) >= 11 is 7.68. The molecule has 4 rings (SSSR count). The summed E-state index contributed by atoms with van der Waals surface area (Å²) in [5.74, 6) is 0.404. The molecule has 0 bridgehead atoms. The van der Waals surface area contributed by atoms with Gasteiger partial charge in [-0.2, -0.15) is 0 Å². The van der Waals surface area contributed by atoms with Crippen LogP contribution in [0.5, 0.6) is 5.75 Å². The number of hydrogen-bond donors (Lipinski definition) is 1. The Bertz CT molecular complexity index is 1100. The molecule has 1 aliphatic rings. The molecule has 178 valence electrons. The van der Waals surface area contributed by atoms with Crippen LogP contribution in [0.3, 0.4) is 0 Å². The summed E-state index contributed by atoms with van der Waals surface area (Å²) in [6.45, 7) is 0.250.